The topological polar surface area (TPSA) is 34.2 Å². The monoisotopic (exact) mass is 266 g/mol. The van der Waals surface area contributed by atoms with Gasteiger partial charge in [-0.2, -0.15) is 0 Å². The molecule has 0 aliphatic rings. The predicted octanol–water partition coefficient (Wildman–Crippen LogP) is 2.79. The van der Waals surface area contributed by atoms with Gasteiger partial charge in [-0.15, -0.1) is 11.3 Å². The Kier molecular flexibility index (Phi) is 4.28. The number of nitrogens with one attached hydrogen (secondary N) is 1. The number of likely N-dealkylation sites (N-methyl/N-ethyl adjacent to an activating group) is 1. The summed E-state index contributed by atoms with van der Waals surface area (Å²) in [6.07, 6.45) is 2.57. The Hall–Kier alpha value is -1.46. The third-order valence-electron chi connectivity index (χ3n) is 2.79. The second-order valence-corrected chi connectivity index (χ2v) is 4.84. The number of nitrogens with zero attached hydrogens (tertiary/aromatic N) is 1. The van der Waals surface area contributed by atoms with Crippen LogP contribution < -0.4 is 10.1 Å². The Bertz CT molecular complexity index is 502. The van der Waals surface area contributed by atoms with E-state index in [1.807, 2.05) is 12.4 Å². The van der Waals surface area contributed by atoms with E-state index >= 15 is 0 Å². The van der Waals surface area contributed by atoms with Crippen LogP contribution in [-0.2, 0) is 6.42 Å². The number of rotatable bonds is 5. The van der Waals surface area contributed by atoms with Crippen LogP contribution in [0, 0.1) is 5.82 Å². The standard InChI is InChI=1S/C13H15FN2OS/c1-15-11(8-13-16-5-6-18-13)9-3-4-10(14)12(7-9)17-2/h3-7,11,15H,8H2,1-2H3. The Labute approximate surface area is 110 Å². The van der Waals surface area contributed by atoms with Crippen LogP contribution in [0.5, 0.6) is 5.75 Å². The zero-order chi connectivity index (χ0) is 13.0. The lowest BCUT2D eigenvalue weighted by molar-refractivity contribution is 0.385. The third-order valence-corrected chi connectivity index (χ3v) is 3.59. The van der Waals surface area contributed by atoms with Crippen LogP contribution in [0.25, 0.3) is 0 Å². The zero-order valence-electron chi connectivity index (χ0n) is 10.3. The molecule has 3 nitrogen and oxygen atoms in total. The fourth-order valence-corrected chi connectivity index (χ4v) is 2.47. The van der Waals surface area contributed by atoms with E-state index in [4.69, 9.17) is 4.74 Å². The molecule has 1 N–H and O–H groups in total. The van der Waals surface area contributed by atoms with Crippen LogP contribution in [0.4, 0.5) is 4.39 Å². The molecule has 0 fully saturated rings. The quantitative estimate of drug-likeness (QED) is 0.903. The summed E-state index contributed by atoms with van der Waals surface area (Å²) in [6.45, 7) is 0. The first kappa shape index (κ1) is 13.0. The van der Waals surface area contributed by atoms with E-state index in [-0.39, 0.29) is 17.6 Å². The van der Waals surface area contributed by atoms with Crippen molar-refractivity contribution in [2.45, 2.75) is 12.5 Å². The van der Waals surface area contributed by atoms with Crippen molar-refractivity contribution < 1.29 is 9.13 Å². The lowest BCUT2D eigenvalue weighted by Crippen LogP contribution is -2.18. The van der Waals surface area contributed by atoms with E-state index in [9.17, 15) is 4.39 Å². The first-order valence-electron chi connectivity index (χ1n) is 5.63. The number of hydrogen-bond acceptors (Lipinski definition) is 4. The largest absolute Gasteiger partial charge is 0.494 e. The fourth-order valence-electron chi connectivity index (χ4n) is 1.81. The second kappa shape index (κ2) is 5.93. The van der Waals surface area contributed by atoms with Gasteiger partial charge in [-0.3, -0.25) is 0 Å². The fraction of sp³-hybridized carbons (Fsp3) is 0.308. The summed E-state index contributed by atoms with van der Waals surface area (Å²) in [6, 6.07) is 5.03. The van der Waals surface area contributed by atoms with Crippen LogP contribution in [0.2, 0.25) is 0 Å². The summed E-state index contributed by atoms with van der Waals surface area (Å²) in [5.74, 6) is -0.0720. The van der Waals surface area contributed by atoms with Crippen LogP contribution in [-0.4, -0.2) is 19.1 Å². The van der Waals surface area contributed by atoms with Crippen molar-refractivity contribution in [1.29, 1.82) is 0 Å². The summed E-state index contributed by atoms with van der Waals surface area (Å²) in [4.78, 5) is 4.26. The van der Waals surface area contributed by atoms with Crippen LogP contribution >= 0.6 is 11.3 Å². The molecule has 0 spiro atoms. The molecule has 1 aromatic carbocycles. The highest BCUT2D eigenvalue weighted by atomic mass is 32.1. The number of methoxy groups -OCH3 is 1. The van der Waals surface area contributed by atoms with Gasteiger partial charge in [0.1, 0.15) is 0 Å². The maximum atomic E-state index is 13.4. The van der Waals surface area contributed by atoms with E-state index in [1.165, 1.54) is 13.2 Å². The third kappa shape index (κ3) is 2.86. The molecule has 0 aliphatic carbocycles. The maximum absolute atomic E-state index is 13.4. The number of hydrogen-bond donors (Lipinski definition) is 1. The number of benzene rings is 1. The molecule has 2 aromatic rings. The predicted molar refractivity (Wildman–Crippen MR) is 70.6 cm³/mol. The lowest BCUT2D eigenvalue weighted by Gasteiger charge is -2.16. The zero-order valence-corrected chi connectivity index (χ0v) is 11.1. The van der Waals surface area contributed by atoms with Crippen molar-refractivity contribution in [2.75, 3.05) is 14.2 Å². The van der Waals surface area contributed by atoms with Gasteiger partial charge in [-0.25, -0.2) is 9.37 Å². The highest BCUT2D eigenvalue weighted by molar-refractivity contribution is 7.09. The molecule has 1 atom stereocenters. The average Bonchev–Trinajstić information content (AvgIpc) is 2.89. The van der Waals surface area contributed by atoms with Crippen LogP contribution in [0.3, 0.4) is 0 Å². The van der Waals surface area contributed by atoms with Gasteiger partial charge in [-0.05, 0) is 24.7 Å². The maximum Gasteiger partial charge on any atom is 0.165 e. The minimum atomic E-state index is -0.342. The smallest absolute Gasteiger partial charge is 0.165 e. The van der Waals surface area contributed by atoms with Crippen molar-refractivity contribution in [1.82, 2.24) is 10.3 Å². The lowest BCUT2D eigenvalue weighted by atomic mass is 10.0. The summed E-state index contributed by atoms with van der Waals surface area (Å²) in [7, 11) is 3.35. The summed E-state index contributed by atoms with van der Waals surface area (Å²) < 4.78 is 18.4. The van der Waals surface area contributed by atoms with Gasteiger partial charge < -0.3 is 10.1 Å². The molecular formula is C13H15FN2OS. The van der Waals surface area contributed by atoms with Crippen LogP contribution in [0.1, 0.15) is 16.6 Å². The molecule has 1 heterocycles. The van der Waals surface area contributed by atoms with Gasteiger partial charge in [-0.1, -0.05) is 6.07 Å². The van der Waals surface area contributed by atoms with Crippen molar-refractivity contribution in [3.63, 3.8) is 0 Å². The Morgan fingerprint density at radius 3 is 2.94 bits per heavy atom. The number of thiazole rings is 1. The first-order chi connectivity index (χ1) is 8.74. The van der Waals surface area contributed by atoms with Crippen molar-refractivity contribution in [2.24, 2.45) is 0 Å². The molecule has 2 rings (SSSR count). The summed E-state index contributed by atoms with van der Waals surface area (Å²) >= 11 is 1.62. The van der Waals surface area contributed by atoms with Gasteiger partial charge >= 0.3 is 0 Å². The van der Waals surface area contributed by atoms with Crippen molar-refractivity contribution in [3.05, 3.63) is 46.2 Å². The van der Waals surface area contributed by atoms with E-state index in [0.29, 0.717) is 0 Å². The van der Waals surface area contributed by atoms with Crippen molar-refractivity contribution in [3.8, 4) is 5.75 Å². The van der Waals surface area contributed by atoms with Gasteiger partial charge in [0.15, 0.2) is 11.6 Å². The van der Waals surface area contributed by atoms with E-state index < -0.39 is 0 Å². The van der Waals surface area contributed by atoms with E-state index in [1.54, 1.807) is 29.7 Å². The Morgan fingerprint density at radius 1 is 1.50 bits per heavy atom. The van der Waals surface area contributed by atoms with Gasteiger partial charge in [0, 0.05) is 24.0 Å². The molecule has 1 unspecified atom stereocenters. The van der Waals surface area contributed by atoms with Crippen LogP contribution in [0.15, 0.2) is 29.8 Å². The average molecular weight is 266 g/mol. The van der Waals surface area contributed by atoms with Crippen molar-refractivity contribution >= 4 is 11.3 Å². The molecule has 0 saturated carbocycles. The number of aromatic nitrogens is 1. The minimum Gasteiger partial charge on any atom is -0.494 e. The SMILES string of the molecule is CNC(Cc1nccs1)c1ccc(F)c(OC)c1. The van der Waals surface area contributed by atoms with E-state index in [0.717, 1.165) is 17.0 Å². The Balaban J connectivity index is 2.21. The van der Waals surface area contributed by atoms with Gasteiger partial charge in [0.2, 0.25) is 0 Å². The molecule has 0 amide bonds. The molecule has 0 bridgehead atoms. The Morgan fingerprint density at radius 2 is 2.33 bits per heavy atom. The normalized spacial score (nSPS) is 12.4. The van der Waals surface area contributed by atoms with Gasteiger partial charge in [0.05, 0.1) is 12.1 Å². The number of ether oxygens (including phenoxy) is 1. The summed E-state index contributed by atoms with van der Waals surface area (Å²) in [5.41, 5.74) is 0.992. The van der Waals surface area contributed by atoms with E-state index in [2.05, 4.69) is 10.3 Å². The number of halogens is 1. The molecule has 1 aromatic heterocycles. The highest BCUT2D eigenvalue weighted by Gasteiger charge is 2.14. The van der Waals surface area contributed by atoms with Gasteiger partial charge in [0.25, 0.3) is 0 Å². The minimum absolute atomic E-state index is 0.102. The second-order valence-electron chi connectivity index (χ2n) is 3.87. The highest BCUT2D eigenvalue weighted by Crippen LogP contribution is 2.25. The molecule has 0 aliphatic heterocycles. The molecule has 96 valence electrons. The molecule has 0 radical (unpaired) electrons. The first-order valence-corrected chi connectivity index (χ1v) is 6.51. The molecule has 0 saturated heterocycles. The molecule has 5 heteroatoms. The molecule has 18 heavy (non-hydrogen) atoms. The summed E-state index contributed by atoms with van der Waals surface area (Å²) in [5, 5.41) is 6.22. The molecular weight excluding hydrogens is 251 g/mol.